The zero-order valence-electron chi connectivity index (χ0n) is 23.7. The van der Waals surface area contributed by atoms with Gasteiger partial charge in [-0.15, -0.1) is 5.10 Å². The number of unbranched alkanes of at least 4 members (excludes halogenated alkanes) is 9. The molecule has 2 amide bonds. The Labute approximate surface area is 231 Å². The molecule has 0 aliphatic rings. The minimum atomic E-state index is -0.485. The highest BCUT2D eigenvalue weighted by Crippen LogP contribution is 2.39. The van der Waals surface area contributed by atoms with Crippen LogP contribution < -0.4 is 24.4 Å². The fraction of sp³-hybridized carbons (Fsp3) is 0.517. The molecule has 0 bridgehead atoms. The highest BCUT2D eigenvalue weighted by Gasteiger charge is 2.25. The van der Waals surface area contributed by atoms with Crippen LogP contribution in [0.5, 0.6) is 17.2 Å². The molecule has 1 heterocycles. The minimum Gasteiger partial charge on any atom is -0.496 e. The van der Waals surface area contributed by atoms with Crippen molar-refractivity contribution < 1.29 is 19.0 Å². The standard InChI is InChI=1S/C29H42N6O4/c1-5-6-7-8-9-10-11-12-13-17-20-34-32-28(31-33-34)35(23-18-15-14-16-19-23)29(36)30-27-25(38-3)21-24(37-2)22-26(27)39-4/h14-16,18-19,21-22H,5-13,17,20H2,1-4H3,(H,30,36). The molecule has 3 rings (SSSR count). The number of hydrogen-bond donors (Lipinski definition) is 1. The third kappa shape index (κ3) is 8.87. The van der Waals surface area contributed by atoms with E-state index in [-0.39, 0.29) is 5.95 Å². The molecule has 0 fully saturated rings. The summed E-state index contributed by atoms with van der Waals surface area (Å²) < 4.78 is 16.3. The van der Waals surface area contributed by atoms with Crippen molar-refractivity contribution in [3.05, 3.63) is 42.5 Å². The van der Waals surface area contributed by atoms with Crippen molar-refractivity contribution in [3.8, 4) is 17.2 Å². The van der Waals surface area contributed by atoms with E-state index in [1.807, 2.05) is 30.3 Å². The SMILES string of the molecule is CCCCCCCCCCCCn1nnc(N(C(=O)Nc2c(OC)cc(OC)cc2OC)c2ccccc2)n1. The molecule has 10 nitrogen and oxygen atoms in total. The molecule has 0 aliphatic heterocycles. The number of anilines is 3. The number of hydrogen-bond acceptors (Lipinski definition) is 7. The van der Waals surface area contributed by atoms with E-state index in [2.05, 4.69) is 27.7 Å². The number of methoxy groups -OCH3 is 3. The lowest BCUT2D eigenvalue weighted by Crippen LogP contribution is -2.32. The second kappa shape index (κ2) is 16.2. The fourth-order valence-electron chi connectivity index (χ4n) is 4.35. The van der Waals surface area contributed by atoms with Crippen LogP contribution in [0.25, 0.3) is 0 Å². The number of aromatic nitrogens is 4. The van der Waals surface area contributed by atoms with Crippen molar-refractivity contribution in [3.63, 3.8) is 0 Å². The number of aryl methyl sites for hydroxylation is 1. The molecule has 0 spiro atoms. The summed E-state index contributed by atoms with van der Waals surface area (Å²) in [4.78, 5) is 16.5. The van der Waals surface area contributed by atoms with Gasteiger partial charge in [-0.1, -0.05) is 88.0 Å². The van der Waals surface area contributed by atoms with Gasteiger partial charge in [0.25, 0.3) is 5.95 Å². The van der Waals surface area contributed by atoms with Crippen molar-refractivity contribution in [1.82, 2.24) is 20.2 Å². The van der Waals surface area contributed by atoms with Gasteiger partial charge in [-0.05, 0) is 23.8 Å². The van der Waals surface area contributed by atoms with Crippen LogP contribution in [0.3, 0.4) is 0 Å². The summed E-state index contributed by atoms with van der Waals surface area (Å²) in [5.41, 5.74) is 0.962. The van der Waals surface area contributed by atoms with E-state index in [1.165, 1.54) is 70.5 Å². The third-order valence-corrected chi connectivity index (χ3v) is 6.52. The molecular weight excluding hydrogens is 496 g/mol. The first-order chi connectivity index (χ1) is 19.1. The molecule has 3 aromatic rings. The lowest BCUT2D eigenvalue weighted by Gasteiger charge is -2.21. The Morgan fingerprint density at radius 2 is 1.44 bits per heavy atom. The van der Waals surface area contributed by atoms with E-state index in [9.17, 15) is 4.79 Å². The first-order valence-electron chi connectivity index (χ1n) is 13.8. The Morgan fingerprint density at radius 1 is 0.846 bits per heavy atom. The Balaban J connectivity index is 1.65. The number of carbonyl (C=O) groups is 1. The van der Waals surface area contributed by atoms with E-state index in [4.69, 9.17) is 14.2 Å². The number of rotatable bonds is 17. The molecular formula is C29H42N6O4. The predicted octanol–water partition coefficient (Wildman–Crippen LogP) is 6.99. The fourth-order valence-corrected chi connectivity index (χ4v) is 4.35. The Kier molecular flexibility index (Phi) is 12.4. The van der Waals surface area contributed by atoms with Crippen LogP contribution >= 0.6 is 0 Å². The highest BCUT2D eigenvalue weighted by molar-refractivity contribution is 6.07. The smallest absolute Gasteiger partial charge is 0.333 e. The van der Waals surface area contributed by atoms with Crippen molar-refractivity contribution in [2.45, 2.75) is 77.7 Å². The molecule has 1 aromatic heterocycles. The molecule has 10 heteroatoms. The Morgan fingerprint density at radius 3 is 2.00 bits per heavy atom. The molecule has 0 radical (unpaired) electrons. The monoisotopic (exact) mass is 538 g/mol. The predicted molar refractivity (Wildman–Crippen MR) is 153 cm³/mol. The zero-order valence-corrected chi connectivity index (χ0v) is 23.7. The second-order valence-electron chi connectivity index (χ2n) is 9.38. The van der Waals surface area contributed by atoms with Crippen molar-refractivity contribution in [1.29, 1.82) is 0 Å². The van der Waals surface area contributed by atoms with Gasteiger partial charge in [0.2, 0.25) is 0 Å². The average molecular weight is 539 g/mol. The van der Waals surface area contributed by atoms with Gasteiger partial charge < -0.3 is 19.5 Å². The van der Waals surface area contributed by atoms with Crippen LogP contribution in [0.1, 0.15) is 71.1 Å². The van der Waals surface area contributed by atoms with Crippen LogP contribution in [0, 0.1) is 0 Å². The number of amides is 2. The van der Waals surface area contributed by atoms with Crippen molar-refractivity contribution in [2.75, 3.05) is 31.5 Å². The summed E-state index contributed by atoms with van der Waals surface area (Å²) >= 11 is 0. The Bertz CT molecular complexity index is 1110. The summed E-state index contributed by atoms with van der Waals surface area (Å²) in [6.07, 6.45) is 12.5. The van der Waals surface area contributed by atoms with Gasteiger partial charge >= 0.3 is 6.03 Å². The maximum atomic E-state index is 13.6. The van der Waals surface area contributed by atoms with E-state index < -0.39 is 6.03 Å². The zero-order chi connectivity index (χ0) is 27.9. The summed E-state index contributed by atoms with van der Waals surface area (Å²) in [5.74, 6) is 1.51. The molecule has 39 heavy (non-hydrogen) atoms. The van der Waals surface area contributed by atoms with Crippen LogP contribution in [0.15, 0.2) is 42.5 Å². The molecule has 2 aromatic carbocycles. The molecule has 0 aliphatic carbocycles. The Hall–Kier alpha value is -3.82. The van der Waals surface area contributed by atoms with Crippen molar-refractivity contribution in [2.24, 2.45) is 0 Å². The maximum Gasteiger partial charge on any atom is 0.333 e. The molecule has 212 valence electrons. The average Bonchev–Trinajstić information content (AvgIpc) is 3.42. The third-order valence-electron chi connectivity index (χ3n) is 6.52. The van der Waals surface area contributed by atoms with Gasteiger partial charge in [0.05, 0.1) is 33.6 Å². The number of nitrogens with one attached hydrogen (secondary N) is 1. The van der Waals surface area contributed by atoms with Crippen LogP contribution in [-0.4, -0.2) is 47.6 Å². The van der Waals surface area contributed by atoms with E-state index in [0.717, 1.165) is 12.8 Å². The number of urea groups is 1. The summed E-state index contributed by atoms with van der Waals surface area (Å²) in [5, 5.41) is 15.8. The molecule has 0 saturated heterocycles. The van der Waals surface area contributed by atoms with Gasteiger partial charge in [-0.2, -0.15) is 4.80 Å². The lowest BCUT2D eigenvalue weighted by molar-refractivity contribution is 0.258. The van der Waals surface area contributed by atoms with E-state index in [1.54, 1.807) is 24.0 Å². The highest BCUT2D eigenvalue weighted by atomic mass is 16.5. The number of tetrazole rings is 1. The maximum absolute atomic E-state index is 13.6. The normalized spacial score (nSPS) is 10.8. The molecule has 0 saturated carbocycles. The summed E-state index contributed by atoms with van der Waals surface area (Å²) in [6, 6.07) is 12.1. The van der Waals surface area contributed by atoms with Gasteiger partial charge in [0, 0.05) is 12.1 Å². The summed E-state index contributed by atoms with van der Waals surface area (Å²) in [7, 11) is 4.58. The van der Waals surface area contributed by atoms with Crippen LogP contribution in [-0.2, 0) is 6.54 Å². The van der Waals surface area contributed by atoms with Gasteiger partial charge in [-0.25, -0.2) is 9.69 Å². The van der Waals surface area contributed by atoms with Crippen LogP contribution in [0.4, 0.5) is 22.1 Å². The number of ether oxygens (including phenoxy) is 3. The number of nitrogens with zero attached hydrogens (tertiary/aromatic N) is 5. The first-order valence-corrected chi connectivity index (χ1v) is 13.8. The number of carbonyl (C=O) groups excluding carboxylic acids is 1. The van der Waals surface area contributed by atoms with Crippen molar-refractivity contribution >= 4 is 23.4 Å². The summed E-state index contributed by atoms with van der Waals surface area (Å²) in [6.45, 7) is 2.89. The lowest BCUT2D eigenvalue weighted by atomic mass is 10.1. The topological polar surface area (TPSA) is 104 Å². The first kappa shape index (κ1) is 29.7. The minimum absolute atomic E-state index is 0.178. The largest absolute Gasteiger partial charge is 0.496 e. The quantitative estimate of drug-likeness (QED) is 0.185. The molecule has 1 N–H and O–H groups in total. The number of benzene rings is 2. The van der Waals surface area contributed by atoms with Gasteiger partial charge in [-0.3, -0.25) is 0 Å². The second-order valence-corrected chi connectivity index (χ2v) is 9.38. The number of para-hydroxylation sites is 1. The van der Waals surface area contributed by atoms with E-state index >= 15 is 0 Å². The van der Waals surface area contributed by atoms with Gasteiger partial charge in [0.15, 0.2) is 0 Å². The van der Waals surface area contributed by atoms with Crippen LogP contribution in [0.2, 0.25) is 0 Å². The van der Waals surface area contributed by atoms with E-state index in [0.29, 0.717) is 35.2 Å². The van der Waals surface area contributed by atoms with Gasteiger partial charge in [0.1, 0.15) is 22.9 Å². The molecule has 0 unspecified atom stereocenters. The molecule has 0 atom stereocenters.